The van der Waals surface area contributed by atoms with Gasteiger partial charge in [-0.2, -0.15) is 5.10 Å². The number of carbonyl (C=O) groups is 1. The molecule has 0 aliphatic carbocycles. The lowest BCUT2D eigenvalue weighted by Crippen LogP contribution is -2.02. The van der Waals surface area contributed by atoms with Crippen LogP contribution >= 0.6 is 0 Å². The Labute approximate surface area is 112 Å². The van der Waals surface area contributed by atoms with E-state index < -0.39 is 0 Å². The summed E-state index contributed by atoms with van der Waals surface area (Å²) >= 11 is 0. The van der Waals surface area contributed by atoms with Crippen LogP contribution in [0.15, 0.2) is 36.9 Å². The van der Waals surface area contributed by atoms with Gasteiger partial charge in [-0.15, -0.1) is 6.58 Å². The summed E-state index contributed by atoms with van der Waals surface area (Å²) in [5, 5.41) is 4.43. The van der Waals surface area contributed by atoms with Crippen LogP contribution in [-0.4, -0.2) is 23.2 Å². The first-order valence-corrected chi connectivity index (χ1v) is 5.98. The smallest absolute Gasteiger partial charge is 0.168 e. The topological polar surface area (TPSA) is 44.1 Å². The minimum Gasteiger partial charge on any atom is -0.497 e. The quantitative estimate of drug-likeness (QED) is 0.610. The van der Waals surface area contributed by atoms with E-state index in [9.17, 15) is 4.79 Å². The number of carbonyl (C=O) groups excluding carboxylic acids is 1. The number of hydrogen-bond acceptors (Lipinski definition) is 3. The molecule has 0 saturated heterocycles. The van der Waals surface area contributed by atoms with Crippen molar-refractivity contribution >= 4 is 6.29 Å². The molecular formula is C15H16N2O2. The number of methoxy groups -OCH3 is 1. The Morgan fingerprint density at radius 3 is 2.79 bits per heavy atom. The Hall–Kier alpha value is -2.36. The van der Waals surface area contributed by atoms with Gasteiger partial charge in [0.15, 0.2) is 6.29 Å². The summed E-state index contributed by atoms with van der Waals surface area (Å²) < 4.78 is 6.82. The molecule has 0 saturated carbocycles. The van der Waals surface area contributed by atoms with Gasteiger partial charge in [-0.25, -0.2) is 0 Å². The van der Waals surface area contributed by atoms with Crippen molar-refractivity contribution in [3.8, 4) is 17.0 Å². The predicted octanol–water partition coefficient (Wildman–Crippen LogP) is 2.87. The molecule has 2 rings (SSSR count). The van der Waals surface area contributed by atoms with E-state index in [0.29, 0.717) is 12.2 Å². The lowest BCUT2D eigenvalue weighted by molar-refractivity contribution is 0.111. The number of allylic oxidation sites excluding steroid dienone is 1. The minimum absolute atomic E-state index is 0.517. The average molecular weight is 256 g/mol. The Balaban J connectivity index is 2.46. The fraction of sp³-hybridized carbons (Fsp3) is 0.200. The molecule has 1 heterocycles. The van der Waals surface area contributed by atoms with Crippen LogP contribution in [0.25, 0.3) is 11.3 Å². The molecule has 0 aliphatic heterocycles. The summed E-state index contributed by atoms with van der Waals surface area (Å²) in [6.45, 7) is 6.17. The number of hydrogen-bond donors (Lipinski definition) is 0. The van der Waals surface area contributed by atoms with Crippen LogP contribution < -0.4 is 4.74 Å². The van der Waals surface area contributed by atoms with Crippen LogP contribution in [0.5, 0.6) is 5.75 Å². The first-order chi connectivity index (χ1) is 9.19. The van der Waals surface area contributed by atoms with Gasteiger partial charge in [0.25, 0.3) is 0 Å². The van der Waals surface area contributed by atoms with Gasteiger partial charge >= 0.3 is 0 Å². The summed E-state index contributed by atoms with van der Waals surface area (Å²) in [4.78, 5) is 11.0. The van der Waals surface area contributed by atoms with Crippen LogP contribution in [-0.2, 0) is 6.54 Å². The monoisotopic (exact) mass is 256 g/mol. The van der Waals surface area contributed by atoms with Crippen LogP contribution in [0.3, 0.4) is 0 Å². The van der Waals surface area contributed by atoms with Crippen molar-refractivity contribution in [2.45, 2.75) is 13.5 Å². The van der Waals surface area contributed by atoms with Crippen molar-refractivity contribution in [1.29, 1.82) is 0 Å². The van der Waals surface area contributed by atoms with E-state index in [1.54, 1.807) is 23.9 Å². The van der Waals surface area contributed by atoms with Crippen molar-refractivity contribution in [3.05, 3.63) is 48.2 Å². The molecule has 0 bridgehead atoms. The minimum atomic E-state index is 0.517. The summed E-state index contributed by atoms with van der Waals surface area (Å²) in [7, 11) is 1.64. The van der Waals surface area contributed by atoms with Gasteiger partial charge in [0.1, 0.15) is 11.4 Å². The van der Waals surface area contributed by atoms with Crippen molar-refractivity contribution in [2.24, 2.45) is 0 Å². The normalized spacial score (nSPS) is 10.2. The Morgan fingerprint density at radius 1 is 1.42 bits per heavy atom. The second kappa shape index (κ2) is 5.52. The van der Waals surface area contributed by atoms with Crippen LogP contribution in [0.4, 0.5) is 0 Å². The lowest BCUT2D eigenvalue weighted by Gasteiger charge is -2.05. The molecule has 2 aromatic rings. The molecule has 19 heavy (non-hydrogen) atoms. The van der Waals surface area contributed by atoms with Crippen molar-refractivity contribution in [1.82, 2.24) is 9.78 Å². The van der Waals surface area contributed by atoms with Gasteiger partial charge in [-0.05, 0) is 36.8 Å². The highest BCUT2D eigenvalue weighted by atomic mass is 16.5. The molecule has 1 aromatic carbocycles. The summed E-state index contributed by atoms with van der Waals surface area (Å²) in [6.07, 6.45) is 2.52. The molecule has 0 aliphatic rings. The van der Waals surface area contributed by atoms with E-state index in [0.717, 1.165) is 28.9 Å². The number of aromatic nitrogens is 2. The maximum Gasteiger partial charge on any atom is 0.168 e. The largest absolute Gasteiger partial charge is 0.497 e. The second-order valence-electron chi connectivity index (χ2n) is 4.22. The SMILES string of the molecule is C=CCn1nc(-c2ccc(OC)cc2C)cc1C=O. The van der Waals surface area contributed by atoms with E-state index >= 15 is 0 Å². The standard InChI is InChI=1S/C15H16N2O2/c1-4-7-17-12(10-18)9-15(16-17)14-6-5-13(19-3)8-11(14)2/h4-6,8-10H,1,7H2,2-3H3. The van der Waals surface area contributed by atoms with Gasteiger partial charge in [0.05, 0.1) is 19.3 Å². The summed E-state index contributed by atoms with van der Waals surface area (Å²) in [5.74, 6) is 0.808. The molecular weight excluding hydrogens is 240 g/mol. The van der Waals surface area contributed by atoms with Crippen molar-refractivity contribution in [3.63, 3.8) is 0 Å². The number of ether oxygens (including phenoxy) is 1. The highest BCUT2D eigenvalue weighted by Crippen LogP contribution is 2.26. The average Bonchev–Trinajstić information content (AvgIpc) is 2.82. The molecule has 98 valence electrons. The number of aryl methyl sites for hydroxylation is 1. The molecule has 0 N–H and O–H groups in total. The second-order valence-corrected chi connectivity index (χ2v) is 4.22. The molecule has 4 nitrogen and oxygen atoms in total. The number of aldehydes is 1. The Bertz CT molecular complexity index is 615. The number of benzene rings is 1. The van der Waals surface area contributed by atoms with Crippen LogP contribution in [0.1, 0.15) is 16.1 Å². The van der Waals surface area contributed by atoms with E-state index in [1.807, 2.05) is 25.1 Å². The van der Waals surface area contributed by atoms with Gasteiger partial charge in [0, 0.05) is 5.56 Å². The number of rotatable bonds is 5. The van der Waals surface area contributed by atoms with Crippen molar-refractivity contribution < 1.29 is 9.53 Å². The van der Waals surface area contributed by atoms with Gasteiger partial charge < -0.3 is 4.74 Å². The molecule has 0 fully saturated rings. The zero-order valence-electron chi connectivity index (χ0n) is 11.1. The molecule has 1 aromatic heterocycles. The molecule has 0 atom stereocenters. The van der Waals surface area contributed by atoms with Gasteiger partial charge in [-0.1, -0.05) is 6.08 Å². The molecule has 0 unspecified atom stereocenters. The third kappa shape index (κ3) is 2.57. The molecule has 4 heteroatoms. The maximum atomic E-state index is 11.0. The Kier molecular flexibility index (Phi) is 3.80. The lowest BCUT2D eigenvalue weighted by atomic mass is 10.1. The summed E-state index contributed by atoms with van der Waals surface area (Å²) in [6, 6.07) is 7.56. The zero-order valence-corrected chi connectivity index (χ0v) is 11.1. The Morgan fingerprint density at radius 2 is 2.21 bits per heavy atom. The van der Waals surface area contributed by atoms with Gasteiger partial charge in [-0.3, -0.25) is 9.48 Å². The molecule has 0 radical (unpaired) electrons. The highest BCUT2D eigenvalue weighted by Gasteiger charge is 2.10. The third-order valence-electron chi connectivity index (χ3n) is 2.94. The van der Waals surface area contributed by atoms with E-state index in [1.165, 1.54) is 0 Å². The summed E-state index contributed by atoms with van der Waals surface area (Å²) in [5.41, 5.74) is 3.38. The first-order valence-electron chi connectivity index (χ1n) is 5.98. The van der Waals surface area contributed by atoms with E-state index in [4.69, 9.17) is 4.74 Å². The fourth-order valence-electron chi connectivity index (χ4n) is 1.98. The van der Waals surface area contributed by atoms with Crippen LogP contribution in [0, 0.1) is 6.92 Å². The fourth-order valence-corrected chi connectivity index (χ4v) is 1.98. The third-order valence-corrected chi connectivity index (χ3v) is 2.94. The first kappa shape index (κ1) is 13.1. The van der Waals surface area contributed by atoms with Gasteiger partial charge in [0.2, 0.25) is 0 Å². The maximum absolute atomic E-state index is 11.0. The van der Waals surface area contributed by atoms with Crippen LogP contribution in [0.2, 0.25) is 0 Å². The van der Waals surface area contributed by atoms with E-state index in [2.05, 4.69) is 11.7 Å². The highest BCUT2D eigenvalue weighted by molar-refractivity contribution is 5.76. The number of nitrogens with zero attached hydrogens (tertiary/aromatic N) is 2. The zero-order chi connectivity index (χ0) is 13.8. The molecule has 0 spiro atoms. The predicted molar refractivity (Wildman–Crippen MR) is 74.5 cm³/mol. The van der Waals surface area contributed by atoms with E-state index in [-0.39, 0.29) is 0 Å². The molecule has 0 amide bonds. The van der Waals surface area contributed by atoms with Crippen molar-refractivity contribution in [2.75, 3.05) is 7.11 Å².